The summed E-state index contributed by atoms with van der Waals surface area (Å²) in [7, 11) is 0. The maximum Gasteiger partial charge on any atom is 0.269 e. The number of hydrogen-bond donors (Lipinski definition) is 3. The van der Waals surface area contributed by atoms with E-state index in [1.165, 1.54) is 18.2 Å². The molecule has 2 rings (SSSR count). The van der Waals surface area contributed by atoms with Gasteiger partial charge in [0.2, 0.25) is 0 Å². The molecule has 0 aliphatic rings. The molecule has 0 aliphatic heterocycles. The molecule has 2 aromatic rings. The third-order valence-electron chi connectivity index (χ3n) is 2.94. The van der Waals surface area contributed by atoms with Crippen LogP contribution in [0, 0.1) is 0 Å². The first-order chi connectivity index (χ1) is 11.5. The Balaban J connectivity index is 1.79. The second-order valence-corrected chi connectivity index (χ2v) is 5.49. The number of amides is 3. The van der Waals surface area contributed by atoms with Crippen LogP contribution in [0.15, 0.2) is 48.5 Å². The summed E-state index contributed by atoms with van der Waals surface area (Å²) >= 11 is 11.6. The van der Waals surface area contributed by atoms with Gasteiger partial charge in [0.05, 0.1) is 16.6 Å². The highest BCUT2D eigenvalue weighted by Gasteiger charge is 2.11. The smallest absolute Gasteiger partial charge is 0.269 e. The van der Waals surface area contributed by atoms with Gasteiger partial charge in [-0.1, -0.05) is 41.4 Å². The second kappa shape index (κ2) is 8.33. The van der Waals surface area contributed by atoms with E-state index in [9.17, 15) is 14.4 Å². The zero-order chi connectivity index (χ0) is 17.5. The van der Waals surface area contributed by atoms with Gasteiger partial charge in [-0.25, -0.2) is 0 Å². The van der Waals surface area contributed by atoms with Crippen molar-refractivity contribution in [2.24, 2.45) is 0 Å². The zero-order valence-electron chi connectivity index (χ0n) is 12.3. The molecule has 0 atom stereocenters. The fourth-order valence-corrected chi connectivity index (χ4v) is 2.03. The van der Waals surface area contributed by atoms with E-state index in [2.05, 4.69) is 16.2 Å². The number of rotatable bonds is 4. The minimum Gasteiger partial charge on any atom is -0.343 e. The van der Waals surface area contributed by atoms with Gasteiger partial charge in [0, 0.05) is 11.1 Å². The maximum absolute atomic E-state index is 11.9. The lowest BCUT2D eigenvalue weighted by Crippen LogP contribution is -2.46. The molecule has 6 nitrogen and oxygen atoms in total. The molecule has 0 unspecified atom stereocenters. The van der Waals surface area contributed by atoms with Crippen LogP contribution in [-0.2, 0) is 4.79 Å². The van der Waals surface area contributed by atoms with Crippen LogP contribution >= 0.6 is 23.2 Å². The van der Waals surface area contributed by atoms with Crippen LogP contribution < -0.4 is 16.2 Å². The van der Waals surface area contributed by atoms with Crippen LogP contribution in [0.25, 0.3) is 0 Å². The molecule has 0 spiro atoms. The van der Waals surface area contributed by atoms with E-state index in [0.29, 0.717) is 10.6 Å². The Kier molecular flexibility index (Phi) is 6.17. The van der Waals surface area contributed by atoms with E-state index >= 15 is 0 Å². The Morgan fingerprint density at radius 3 is 2.17 bits per heavy atom. The summed E-state index contributed by atoms with van der Waals surface area (Å²) < 4.78 is 0. The van der Waals surface area contributed by atoms with Gasteiger partial charge >= 0.3 is 0 Å². The normalized spacial score (nSPS) is 9.92. The molecule has 0 bridgehead atoms. The lowest BCUT2D eigenvalue weighted by atomic mass is 10.2. The first-order valence-corrected chi connectivity index (χ1v) is 7.60. The van der Waals surface area contributed by atoms with Crippen molar-refractivity contribution >= 4 is 40.9 Å². The minimum absolute atomic E-state index is 0.240. The van der Waals surface area contributed by atoms with E-state index in [-0.39, 0.29) is 17.1 Å². The largest absolute Gasteiger partial charge is 0.343 e. The monoisotopic (exact) mass is 365 g/mol. The molecule has 124 valence electrons. The second-order valence-electron chi connectivity index (χ2n) is 4.68. The number of hydrogen-bond acceptors (Lipinski definition) is 3. The van der Waals surface area contributed by atoms with Gasteiger partial charge in [-0.2, -0.15) is 0 Å². The number of nitrogens with one attached hydrogen (secondary N) is 3. The molecule has 0 aromatic heterocycles. The van der Waals surface area contributed by atoms with Crippen molar-refractivity contribution in [3.05, 3.63) is 69.7 Å². The SMILES string of the molecule is O=C(CNC(=O)c1ccc(Cl)c(Cl)c1)NNC(=O)c1ccccc1. The van der Waals surface area contributed by atoms with Crippen molar-refractivity contribution in [2.45, 2.75) is 0 Å². The standard InChI is InChI=1S/C16H13Cl2N3O3/c17-12-7-6-11(8-13(12)18)15(23)19-9-14(22)20-21-16(24)10-4-2-1-3-5-10/h1-8H,9H2,(H,19,23)(H,20,22)(H,21,24). The molecule has 0 heterocycles. The predicted octanol–water partition coefficient (Wildman–Crippen LogP) is 2.18. The average Bonchev–Trinajstić information content (AvgIpc) is 2.60. The van der Waals surface area contributed by atoms with Gasteiger partial charge in [0.1, 0.15) is 0 Å². The van der Waals surface area contributed by atoms with Crippen molar-refractivity contribution < 1.29 is 14.4 Å². The van der Waals surface area contributed by atoms with Crippen LogP contribution in [0.5, 0.6) is 0 Å². The molecule has 0 saturated heterocycles. The Morgan fingerprint density at radius 1 is 0.792 bits per heavy atom. The zero-order valence-corrected chi connectivity index (χ0v) is 13.8. The Labute approximate surface area is 148 Å². The summed E-state index contributed by atoms with van der Waals surface area (Å²) in [5.74, 6) is -1.52. The van der Waals surface area contributed by atoms with E-state index in [0.717, 1.165) is 0 Å². The molecule has 0 aliphatic carbocycles. The molecular formula is C16H13Cl2N3O3. The molecular weight excluding hydrogens is 353 g/mol. The summed E-state index contributed by atoms with van der Waals surface area (Å²) in [6.07, 6.45) is 0. The Morgan fingerprint density at radius 2 is 1.50 bits per heavy atom. The molecule has 0 saturated carbocycles. The van der Waals surface area contributed by atoms with Gasteiger partial charge in [0.15, 0.2) is 0 Å². The Hall–Kier alpha value is -2.57. The molecule has 24 heavy (non-hydrogen) atoms. The number of carbonyl (C=O) groups is 3. The van der Waals surface area contributed by atoms with Crippen LogP contribution in [-0.4, -0.2) is 24.3 Å². The number of halogens is 2. The average molecular weight is 366 g/mol. The van der Waals surface area contributed by atoms with Crippen molar-refractivity contribution in [3.8, 4) is 0 Å². The van der Waals surface area contributed by atoms with Crippen LogP contribution in [0.3, 0.4) is 0 Å². The number of carbonyl (C=O) groups excluding carboxylic acids is 3. The highest BCUT2D eigenvalue weighted by molar-refractivity contribution is 6.42. The molecule has 0 fully saturated rings. The van der Waals surface area contributed by atoms with Crippen molar-refractivity contribution in [2.75, 3.05) is 6.54 Å². The van der Waals surface area contributed by atoms with Gasteiger partial charge < -0.3 is 5.32 Å². The van der Waals surface area contributed by atoms with E-state index < -0.39 is 17.7 Å². The van der Waals surface area contributed by atoms with Gasteiger partial charge in [-0.15, -0.1) is 0 Å². The summed E-state index contributed by atoms with van der Waals surface area (Å²) in [5, 5.41) is 2.97. The van der Waals surface area contributed by atoms with E-state index in [1.807, 2.05) is 0 Å². The molecule has 0 radical (unpaired) electrons. The van der Waals surface area contributed by atoms with Gasteiger partial charge in [-0.05, 0) is 30.3 Å². The van der Waals surface area contributed by atoms with Crippen molar-refractivity contribution in [3.63, 3.8) is 0 Å². The number of benzene rings is 2. The summed E-state index contributed by atoms with van der Waals surface area (Å²) in [5.41, 5.74) is 5.13. The van der Waals surface area contributed by atoms with Crippen LogP contribution in [0.1, 0.15) is 20.7 Å². The quantitative estimate of drug-likeness (QED) is 0.725. The summed E-state index contributed by atoms with van der Waals surface area (Å²) in [6.45, 7) is -0.311. The first-order valence-electron chi connectivity index (χ1n) is 6.85. The predicted molar refractivity (Wildman–Crippen MR) is 90.8 cm³/mol. The minimum atomic E-state index is -0.576. The van der Waals surface area contributed by atoms with E-state index in [4.69, 9.17) is 23.2 Å². The third-order valence-corrected chi connectivity index (χ3v) is 3.68. The highest BCUT2D eigenvalue weighted by Crippen LogP contribution is 2.22. The maximum atomic E-state index is 11.9. The molecule has 8 heteroatoms. The van der Waals surface area contributed by atoms with Gasteiger partial charge in [-0.3, -0.25) is 25.2 Å². The lowest BCUT2D eigenvalue weighted by molar-refractivity contribution is -0.120. The van der Waals surface area contributed by atoms with Crippen LogP contribution in [0.2, 0.25) is 10.0 Å². The molecule has 2 aromatic carbocycles. The number of hydrazine groups is 1. The molecule has 3 N–H and O–H groups in total. The van der Waals surface area contributed by atoms with Crippen LogP contribution in [0.4, 0.5) is 0 Å². The fourth-order valence-electron chi connectivity index (χ4n) is 1.73. The molecule has 3 amide bonds. The first kappa shape index (κ1) is 17.8. The van der Waals surface area contributed by atoms with Gasteiger partial charge in [0.25, 0.3) is 17.7 Å². The topological polar surface area (TPSA) is 87.3 Å². The fraction of sp³-hybridized carbons (Fsp3) is 0.0625. The third kappa shape index (κ3) is 4.97. The summed E-state index contributed by atoms with van der Waals surface area (Å²) in [4.78, 5) is 35.3. The highest BCUT2D eigenvalue weighted by atomic mass is 35.5. The summed E-state index contributed by atoms with van der Waals surface area (Å²) in [6, 6.07) is 12.8. The Bertz CT molecular complexity index is 766. The van der Waals surface area contributed by atoms with Crippen molar-refractivity contribution in [1.29, 1.82) is 0 Å². The van der Waals surface area contributed by atoms with E-state index in [1.54, 1.807) is 30.3 Å². The van der Waals surface area contributed by atoms with Crippen molar-refractivity contribution in [1.82, 2.24) is 16.2 Å². The lowest BCUT2D eigenvalue weighted by Gasteiger charge is -2.09.